The van der Waals surface area contributed by atoms with Crippen molar-refractivity contribution in [2.75, 3.05) is 11.9 Å². The van der Waals surface area contributed by atoms with E-state index in [1.165, 1.54) is 4.88 Å². The van der Waals surface area contributed by atoms with E-state index in [2.05, 4.69) is 21.8 Å². The van der Waals surface area contributed by atoms with Gasteiger partial charge in [0.1, 0.15) is 6.04 Å². The predicted molar refractivity (Wildman–Crippen MR) is 102 cm³/mol. The summed E-state index contributed by atoms with van der Waals surface area (Å²) in [6.07, 6.45) is 0. The minimum Gasteiger partial charge on any atom is -0.335 e. The lowest BCUT2D eigenvalue weighted by molar-refractivity contribution is 0.250. The summed E-state index contributed by atoms with van der Waals surface area (Å²) in [6.45, 7) is 6.46. The Morgan fingerprint density at radius 3 is 2.64 bits per heavy atom. The molecule has 0 aliphatic heterocycles. The second kappa shape index (κ2) is 7.53. The van der Waals surface area contributed by atoms with Crippen molar-refractivity contribution >= 4 is 23.1 Å². The highest BCUT2D eigenvalue weighted by atomic mass is 32.1. The summed E-state index contributed by atoms with van der Waals surface area (Å²) in [6, 6.07) is 13.6. The fourth-order valence-corrected chi connectivity index (χ4v) is 3.63. The third kappa shape index (κ3) is 4.09. The van der Waals surface area contributed by atoms with Gasteiger partial charge in [-0.25, -0.2) is 4.79 Å². The first-order valence-corrected chi connectivity index (χ1v) is 9.09. The molecule has 0 aliphatic rings. The molecule has 3 aromatic rings. The first kappa shape index (κ1) is 17.2. The van der Waals surface area contributed by atoms with Crippen molar-refractivity contribution in [3.63, 3.8) is 0 Å². The number of carbonyl (C=O) groups excluding carboxylic acids is 1. The number of para-hydroxylation sites is 1. The number of aromatic nitrogens is 2. The standard InChI is InChI=1S/C19H22N4OS/c1-13-7-4-5-8-16(13)21-19(24)20-12-17(18-9-6-10-25-18)23-15(3)11-14(2)22-23/h4-11,17H,12H2,1-3H3,(H2,20,21,24)/t17-/m1/s1. The van der Waals surface area contributed by atoms with Crippen molar-refractivity contribution in [1.82, 2.24) is 15.1 Å². The van der Waals surface area contributed by atoms with Gasteiger partial charge in [-0.05, 0) is 49.9 Å². The summed E-state index contributed by atoms with van der Waals surface area (Å²) in [5.74, 6) is 0. The predicted octanol–water partition coefficient (Wildman–Crippen LogP) is 4.28. The molecule has 130 valence electrons. The van der Waals surface area contributed by atoms with Gasteiger partial charge in [0.15, 0.2) is 0 Å². The van der Waals surface area contributed by atoms with Crippen LogP contribution in [0.5, 0.6) is 0 Å². The Kier molecular flexibility index (Phi) is 5.19. The van der Waals surface area contributed by atoms with Gasteiger partial charge in [0.05, 0.1) is 5.69 Å². The summed E-state index contributed by atoms with van der Waals surface area (Å²) in [5.41, 5.74) is 3.91. The molecule has 2 N–H and O–H groups in total. The summed E-state index contributed by atoms with van der Waals surface area (Å²) < 4.78 is 1.98. The number of anilines is 1. The van der Waals surface area contributed by atoms with Gasteiger partial charge in [-0.3, -0.25) is 4.68 Å². The lowest BCUT2D eigenvalue weighted by Gasteiger charge is -2.19. The van der Waals surface area contributed by atoms with Crippen LogP contribution in [0.2, 0.25) is 0 Å². The number of rotatable bonds is 5. The summed E-state index contributed by atoms with van der Waals surface area (Å²) >= 11 is 1.67. The minimum absolute atomic E-state index is 0.0173. The van der Waals surface area contributed by atoms with Gasteiger partial charge in [0.25, 0.3) is 0 Å². The molecule has 0 aliphatic carbocycles. The third-order valence-electron chi connectivity index (χ3n) is 4.06. The molecule has 0 unspecified atom stereocenters. The van der Waals surface area contributed by atoms with Gasteiger partial charge in [0, 0.05) is 22.8 Å². The van der Waals surface area contributed by atoms with Crippen molar-refractivity contribution in [3.05, 3.63) is 69.7 Å². The molecule has 3 rings (SSSR count). The molecule has 6 heteroatoms. The van der Waals surface area contributed by atoms with E-state index in [0.29, 0.717) is 6.54 Å². The molecule has 1 aromatic carbocycles. The number of hydrogen-bond donors (Lipinski definition) is 2. The maximum atomic E-state index is 12.3. The van der Waals surface area contributed by atoms with E-state index in [0.717, 1.165) is 22.6 Å². The highest BCUT2D eigenvalue weighted by Gasteiger charge is 2.19. The molecule has 0 bridgehead atoms. The Hall–Kier alpha value is -2.60. The maximum absolute atomic E-state index is 12.3. The van der Waals surface area contributed by atoms with Crippen molar-refractivity contribution in [2.45, 2.75) is 26.8 Å². The van der Waals surface area contributed by atoms with Gasteiger partial charge in [-0.2, -0.15) is 5.10 Å². The van der Waals surface area contributed by atoms with E-state index in [4.69, 9.17) is 0 Å². The van der Waals surface area contributed by atoms with Crippen LogP contribution in [-0.4, -0.2) is 22.4 Å². The Labute approximate surface area is 151 Å². The minimum atomic E-state index is -0.211. The van der Waals surface area contributed by atoms with Crippen LogP contribution < -0.4 is 10.6 Å². The fraction of sp³-hybridized carbons (Fsp3) is 0.263. The maximum Gasteiger partial charge on any atom is 0.319 e. The van der Waals surface area contributed by atoms with Crippen LogP contribution in [0, 0.1) is 20.8 Å². The molecule has 2 aromatic heterocycles. The lowest BCUT2D eigenvalue weighted by atomic mass is 10.2. The number of urea groups is 1. The summed E-state index contributed by atoms with van der Waals surface area (Å²) in [4.78, 5) is 13.5. The van der Waals surface area contributed by atoms with Crippen LogP contribution in [0.1, 0.15) is 27.9 Å². The van der Waals surface area contributed by atoms with Gasteiger partial charge in [-0.1, -0.05) is 24.3 Å². The van der Waals surface area contributed by atoms with E-state index in [1.54, 1.807) is 11.3 Å². The lowest BCUT2D eigenvalue weighted by Crippen LogP contribution is -2.35. The van der Waals surface area contributed by atoms with Crippen LogP contribution in [-0.2, 0) is 0 Å². The molecule has 0 saturated carbocycles. The molecule has 0 fully saturated rings. The number of nitrogens with zero attached hydrogens (tertiary/aromatic N) is 2. The number of nitrogens with one attached hydrogen (secondary N) is 2. The average Bonchev–Trinajstić information content (AvgIpc) is 3.20. The molecule has 2 heterocycles. The van der Waals surface area contributed by atoms with Gasteiger partial charge < -0.3 is 10.6 Å². The third-order valence-corrected chi connectivity index (χ3v) is 5.03. The van der Waals surface area contributed by atoms with E-state index in [9.17, 15) is 4.79 Å². The zero-order chi connectivity index (χ0) is 17.8. The van der Waals surface area contributed by atoms with Crippen LogP contribution in [0.15, 0.2) is 47.8 Å². The molecule has 0 radical (unpaired) electrons. The topological polar surface area (TPSA) is 59.0 Å². The summed E-state index contributed by atoms with van der Waals surface area (Å²) in [5, 5.41) is 12.5. The quantitative estimate of drug-likeness (QED) is 0.718. The number of benzene rings is 1. The highest BCUT2D eigenvalue weighted by Crippen LogP contribution is 2.24. The number of hydrogen-bond acceptors (Lipinski definition) is 3. The molecule has 2 amide bonds. The molecule has 25 heavy (non-hydrogen) atoms. The smallest absolute Gasteiger partial charge is 0.319 e. The van der Waals surface area contributed by atoms with Crippen molar-refractivity contribution in [2.24, 2.45) is 0 Å². The number of amides is 2. The second-order valence-electron chi connectivity index (χ2n) is 6.05. The zero-order valence-electron chi connectivity index (χ0n) is 14.6. The Morgan fingerprint density at radius 1 is 1.20 bits per heavy atom. The molecule has 0 spiro atoms. The Bertz CT molecular complexity index is 854. The normalized spacial score (nSPS) is 12.0. The van der Waals surface area contributed by atoms with Gasteiger partial charge >= 0.3 is 6.03 Å². The number of aryl methyl sites for hydroxylation is 3. The first-order chi connectivity index (χ1) is 12.0. The molecular weight excluding hydrogens is 332 g/mol. The van der Waals surface area contributed by atoms with E-state index >= 15 is 0 Å². The largest absolute Gasteiger partial charge is 0.335 e. The molecular formula is C19H22N4OS. The Morgan fingerprint density at radius 2 is 2.00 bits per heavy atom. The monoisotopic (exact) mass is 354 g/mol. The van der Waals surface area contributed by atoms with E-state index in [-0.39, 0.29) is 12.1 Å². The van der Waals surface area contributed by atoms with Crippen LogP contribution in [0.25, 0.3) is 0 Å². The highest BCUT2D eigenvalue weighted by molar-refractivity contribution is 7.10. The SMILES string of the molecule is Cc1cc(C)n([C@H](CNC(=O)Nc2ccccc2C)c2cccs2)n1. The van der Waals surface area contributed by atoms with Crippen molar-refractivity contribution in [3.8, 4) is 0 Å². The van der Waals surface area contributed by atoms with E-state index in [1.807, 2.05) is 67.2 Å². The average molecular weight is 354 g/mol. The second-order valence-corrected chi connectivity index (χ2v) is 7.03. The summed E-state index contributed by atoms with van der Waals surface area (Å²) in [7, 11) is 0. The van der Waals surface area contributed by atoms with E-state index < -0.39 is 0 Å². The molecule has 5 nitrogen and oxygen atoms in total. The zero-order valence-corrected chi connectivity index (χ0v) is 15.4. The molecule has 1 atom stereocenters. The number of thiophene rings is 1. The van der Waals surface area contributed by atoms with Crippen LogP contribution >= 0.6 is 11.3 Å². The van der Waals surface area contributed by atoms with Crippen molar-refractivity contribution in [1.29, 1.82) is 0 Å². The number of carbonyl (C=O) groups is 1. The van der Waals surface area contributed by atoms with Gasteiger partial charge in [-0.15, -0.1) is 11.3 Å². The first-order valence-electron chi connectivity index (χ1n) is 8.21. The van der Waals surface area contributed by atoms with Crippen LogP contribution in [0.3, 0.4) is 0 Å². The van der Waals surface area contributed by atoms with Gasteiger partial charge in [0.2, 0.25) is 0 Å². The van der Waals surface area contributed by atoms with Crippen LogP contribution in [0.4, 0.5) is 10.5 Å². The fourth-order valence-electron chi connectivity index (χ4n) is 2.82. The van der Waals surface area contributed by atoms with Crippen molar-refractivity contribution < 1.29 is 4.79 Å². The molecule has 0 saturated heterocycles. The Balaban J connectivity index is 1.72.